The summed E-state index contributed by atoms with van der Waals surface area (Å²) in [5.74, 6) is 1.07. The van der Waals surface area contributed by atoms with Crippen LogP contribution in [0.1, 0.15) is 5.69 Å². The first-order valence-corrected chi connectivity index (χ1v) is 6.69. The number of hydrogen-bond acceptors (Lipinski definition) is 2. The topological polar surface area (TPSA) is 45.2 Å². The third-order valence-corrected chi connectivity index (χ3v) is 3.54. The van der Waals surface area contributed by atoms with Crippen LogP contribution < -0.4 is 4.74 Å². The quantitative estimate of drug-likeness (QED) is 0.759. The van der Waals surface area contributed by atoms with E-state index in [1.54, 1.807) is 12.1 Å². The minimum atomic E-state index is 0.257. The second kappa shape index (κ2) is 4.97. The first-order valence-electron chi connectivity index (χ1n) is 5.90. The molecule has 3 nitrogen and oxygen atoms in total. The van der Waals surface area contributed by atoms with Gasteiger partial charge >= 0.3 is 0 Å². The highest BCUT2D eigenvalue weighted by Gasteiger charge is 2.04. The molecule has 2 N–H and O–H groups in total. The van der Waals surface area contributed by atoms with Crippen LogP contribution in [0.4, 0.5) is 0 Å². The predicted molar refractivity (Wildman–Crippen MR) is 78.4 cm³/mol. The van der Waals surface area contributed by atoms with E-state index in [0.717, 1.165) is 26.8 Å². The van der Waals surface area contributed by atoms with E-state index in [4.69, 9.17) is 4.74 Å². The third kappa shape index (κ3) is 2.58. The number of ether oxygens (including phenoxy) is 1. The Morgan fingerprint density at radius 3 is 2.79 bits per heavy atom. The van der Waals surface area contributed by atoms with Gasteiger partial charge in [0, 0.05) is 17.0 Å². The molecule has 3 aromatic rings. The largest absolute Gasteiger partial charge is 0.508 e. The number of nitrogens with one attached hydrogen (secondary N) is 1. The normalized spacial score (nSPS) is 10.8. The Morgan fingerprint density at radius 1 is 1.11 bits per heavy atom. The molecular formula is C15H12BrNO2. The smallest absolute Gasteiger partial charge is 0.134 e. The van der Waals surface area contributed by atoms with Crippen molar-refractivity contribution in [2.24, 2.45) is 0 Å². The van der Waals surface area contributed by atoms with Crippen molar-refractivity contribution in [1.29, 1.82) is 0 Å². The number of aromatic hydroxyl groups is 1. The Kier molecular flexibility index (Phi) is 3.17. The summed E-state index contributed by atoms with van der Waals surface area (Å²) in [5.41, 5.74) is 1.88. The fraction of sp³-hybridized carbons (Fsp3) is 0.0667. The van der Waals surface area contributed by atoms with Gasteiger partial charge in [0.25, 0.3) is 0 Å². The number of hydrogen-bond donors (Lipinski definition) is 2. The van der Waals surface area contributed by atoms with Crippen LogP contribution in [0, 0.1) is 0 Å². The molecule has 19 heavy (non-hydrogen) atoms. The van der Waals surface area contributed by atoms with E-state index in [2.05, 4.69) is 20.9 Å². The maximum absolute atomic E-state index is 9.43. The van der Waals surface area contributed by atoms with Crippen LogP contribution in [0.25, 0.3) is 10.9 Å². The predicted octanol–water partition coefficient (Wildman–Crippen LogP) is 4.22. The highest BCUT2D eigenvalue weighted by atomic mass is 79.9. The molecule has 0 radical (unpaired) electrons. The van der Waals surface area contributed by atoms with Crippen LogP contribution in [-0.4, -0.2) is 10.1 Å². The number of phenolic OH excluding ortho intramolecular Hbond substituents is 1. The number of fused-ring (bicyclic) bond motifs is 1. The summed E-state index contributed by atoms with van der Waals surface area (Å²) in [6.07, 6.45) is 0. The third-order valence-electron chi connectivity index (χ3n) is 2.88. The van der Waals surface area contributed by atoms with Crippen LogP contribution in [0.3, 0.4) is 0 Å². The van der Waals surface area contributed by atoms with E-state index >= 15 is 0 Å². The molecule has 96 valence electrons. The van der Waals surface area contributed by atoms with Gasteiger partial charge in [-0.25, -0.2) is 0 Å². The zero-order chi connectivity index (χ0) is 13.2. The first-order chi connectivity index (χ1) is 9.22. The van der Waals surface area contributed by atoms with E-state index in [1.165, 1.54) is 0 Å². The molecule has 0 aliphatic rings. The van der Waals surface area contributed by atoms with E-state index in [9.17, 15) is 5.11 Å². The van der Waals surface area contributed by atoms with Gasteiger partial charge < -0.3 is 14.8 Å². The number of phenols is 1. The van der Waals surface area contributed by atoms with Gasteiger partial charge in [-0.3, -0.25) is 0 Å². The molecule has 1 heterocycles. The molecule has 1 aromatic heterocycles. The maximum atomic E-state index is 9.43. The maximum Gasteiger partial charge on any atom is 0.134 e. The van der Waals surface area contributed by atoms with E-state index < -0.39 is 0 Å². The monoisotopic (exact) mass is 317 g/mol. The minimum absolute atomic E-state index is 0.257. The molecule has 0 aliphatic carbocycles. The highest BCUT2D eigenvalue weighted by molar-refractivity contribution is 9.10. The van der Waals surface area contributed by atoms with Gasteiger partial charge in [-0.2, -0.15) is 0 Å². The van der Waals surface area contributed by atoms with Crippen molar-refractivity contribution >= 4 is 26.8 Å². The Balaban J connectivity index is 1.80. The number of aromatic amines is 1. The summed E-state index contributed by atoms with van der Waals surface area (Å²) < 4.78 is 6.68. The summed E-state index contributed by atoms with van der Waals surface area (Å²) >= 11 is 3.45. The Labute approximate surface area is 119 Å². The lowest BCUT2D eigenvalue weighted by molar-refractivity contribution is 0.300. The highest BCUT2D eigenvalue weighted by Crippen LogP contribution is 2.25. The number of H-pyrrole nitrogens is 1. The number of halogens is 1. The van der Waals surface area contributed by atoms with Crippen LogP contribution in [0.5, 0.6) is 11.5 Å². The molecule has 0 bridgehead atoms. The van der Waals surface area contributed by atoms with Gasteiger partial charge in [0.15, 0.2) is 0 Å². The molecule has 0 fully saturated rings. The van der Waals surface area contributed by atoms with E-state index in [1.807, 2.05) is 36.4 Å². The molecule has 0 aliphatic heterocycles. The van der Waals surface area contributed by atoms with Gasteiger partial charge in [0.1, 0.15) is 18.1 Å². The average molecular weight is 318 g/mol. The van der Waals surface area contributed by atoms with Crippen LogP contribution in [-0.2, 0) is 6.61 Å². The van der Waals surface area contributed by atoms with Crippen molar-refractivity contribution in [3.63, 3.8) is 0 Å². The van der Waals surface area contributed by atoms with Gasteiger partial charge in [-0.05, 0) is 46.3 Å². The van der Waals surface area contributed by atoms with Crippen molar-refractivity contribution in [1.82, 2.24) is 4.98 Å². The summed E-state index contributed by atoms with van der Waals surface area (Å²) in [7, 11) is 0. The average Bonchev–Trinajstić information content (AvgIpc) is 2.79. The zero-order valence-electron chi connectivity index (χ0n) is 10.1. The van der Waals surface area contributed by atoms with Crippen molar-refractivity contribution in [3.8, 4) is 11.5 Å². The fourth-order valence-corrected chi connectivity index (χ4v) is 2.37. The molecule has 0 saturated carbocycles. The second-order valence-electron chi connectivity index (χ2n) is 4.29. The Bertz CT molecular complexity index is 721. The molecule has 0 saturated heterocycles. The zero-order valence-corrected chi connectivity index (χ0v) is 11.6. The lowest BCUT2D eigenvalue weighted by Crippen LogP contribution is -1.95. The number of benzene rings is 2. The number of aromatic nitrogens is 1. The van der Waals surface area contributed by atoms with Crippen molar-refractivity contribution in [2.75, 3.05) is 0 Å². The summed E-state index contributed by atoms with van der Waals surface area (Å²) in [5, 5.41) is 10.5. The molecular weight excluding hydrogens is 306 g/mol. The summed E-state index contributed by atoms with van der Waals surface area (Å²) in [4.78, 5) is 3.23. The second-order valence-corrected chi connectivity index (χ2v) is 5.14. The summed E-state index contributed by atoms with van der Waals surface area (Å²) in [6, 6.07) is 15.0. The van der Waals surface area contributed by atoms with Crippen LogP contribution in [0.15, 0.2) is 53.0 Å². The van der Waals surface area contributed by atoms with Gasteiger partial charge in [-0.1, -0.05) is 12.1 Å². The molecule has 0 unspecified atom stereocenters. The molecule has 0 spiro atoms. The molecule has 2 aromatic carbocycles. The summed E-state index contributed by atoms with van der Waals surface area (Å²) in [6.45, 7) is 0.456. The van der Waals surface area contributed by atoms with Gasteiger partial charge in [0.2, 0.25) is 0 Å². The van der Waals surface area contributed by atoms with Crippen molar-refractivity contribution in [2.45, 2.75) is 6.61 Å². The Morgan fingerprint density at radius 2 is 1.95 bits per heavy atom. The standard InChI is InChI=1S/C15H12BrNO2/c16-13-3-1-2-4-15(13)19-9-11-7-10-5-6-12(18)8-14(10)17-11/h1-8,17-18H,9H2. The van der Waals surface area contributed by atoms with Crippen molar-refractivity contribution in [3.05, 3.63) is 58.7 Å². The van der Waals surface area contributed by atoms with Crippen molar-refractivity contribution < 1.29 is 9.84 Å². The lowest BCUT2D eigenvalue weighted by Gasteiger charge is -2.06. The van der Waals surface area contributed by atoms with E-state index in [0.29, 0.717) is 6.61 Å². The number of para-hydroxylation sites is 1. The van der Waals surface area contributed by atoms with E-state index in [-0.39, 0.29) is 5.75 Å². The van der Waals surface area contributed by atoms with Gasteiger partial charge in [-0.15, -0.1) is 0 Å². The Hall–Kier alpha value is -1.94. The molecule has 0 atom stereocenters. The molecule has 4 heteroatoms. The lowest BCUT2D eigenvalue weighted by atomic mass is 10.2. The van der Waals surface area contributed by atoms with Crippen LogP contribution >= 0.6 is 15.9 Å². The first kappa shape index (κ1) is 12.1. The van der Waals surface area contributed by atoms with Gasteiger partial charge in [0.05, 0.1) is 10.2 Å². The number of rotatable bonds is 3. The fourth-order valence-electron chi connectivity index (χ4n) is 1.97. The van der Waals surface area contributed by atoms with Crippen LogP contribution in [0.2, 0.25) is 0 Å². The minimum Gasteiger partial charge on any atom is -0.508 e. The SMILES string of the molecule is Oc1ccc2cc(COc3ccccc3Br)[nH]c2c1. The molecule has 3 rings (SSSR count). The molecule has 0 amide bonds.